The zero-order chi connectivity index (χ0) is 23.3. The van der Waals surface area contributed by atoms with Crippen LogP contribution in [0.2, 0.25) is 0 Å². The fourth-order valence-corrected chi connectivity index (χ4v) is 4.19. The molecule has 7 nitrogen and oxygen atoms in total. The van der Waals surface area contributed by atoms with Gasteiger partial charge in [-0.25, -0.2) is 13.2 Å². The molecule has 3 aromatic rings. The number of fused-ring (bicyclic) bond motifs is 2. The number of carbonyl (C=O) groups is 1. The first-order valence-electron chi connectivity index (χ1n) is 10.7. The van der Waals surface area contributed by atoms with Crippen molar-refractivity contribution >= 4 is 37.7 Å². The lowest BCUT2D eigenvalue weighted by Gasteiger charge is -2.12. The van der Waals surface area contributed by atoms with E-state index in [4.69, 9.17) is 13.9 Å². The maximum atomic E-state index is 13.2. The maximum absolute atomic E-state index is 13.2. The summed E-state index contributed by atoms with van der Waals surface area (Å²) in [7, 11) is -2.34. The van der Waals surface area contributed by atoms with Crippen LogP contribution in [-0.4, -0.2) is 34.4 Å². The molecule has 32 heavy (non-hydrogen) atoms. The summed E-state index contributed by atoms with van der Waals surface area (Å²) in [6.45, 7) is 2.55. The van der Waals surface area contributed by atoms with E-state index in [0.29, 0.717) is 6.61 Å². The van der Waals surface area contributed by atoms with Gasteiger partial charge in [0.25, 0.3) is 0 Å². The van der Waals surface area contributed by atoms with Crippen LogP contribution in [0.1, 0.15) is 55.8 Å². The highest BCUT2D eigenvalue weighted by Gasteiger charge is 2.19. The number of methoxy groups -OCH3 is 1. The predicted octanol–water partition coefficient (Wildman–Crippen LogP) is 4.88. The van der Waals surface area contributed by atoms with Crippen molar-refractivity contribution in [2.24, 2.45) is 0 Å². The lowest BCUT2D eigenvalue weighted by atomic mass is 10.1. The van der Waals surface area contributed by atoms with E-state index in [2.05, 4.69) is 6.92 Å². The Morgan fingerprint density at radius 1 is 1.00 bits per heavy atom. The summed E-state index contributed by atoms with van der Waals surface area (Å²) in [6.07, 6.45) is 7.57. The van der Waals surface area contributed by atoms with Gasteiger partial charge >= 0.3 is 5.97 Å². The Labute approximate surface area is 187 Å². The van der Waals surface area contributed by atoms with Gasteiger partial charge < -0.3 is 13.9 Å². The summed E-state index contributed by atoms with van der Waals surface area (Å²) >= 11 is 0. The monoisotopic (exact) mass is 460 g/mol. The number of sulfone groups is 1. The molecular formula is C24H28O7S. The second kappa shape index (κ2) is 10.2. The minimum atomic E-state index is -3.59. The van der Waals surface area contributed by atoms with Crippen molar-refractivity contribution < 1.29 is 27.1 Å². The van der Waals surface area contributed by atoms with Crippen LogP contribution >= 0.6 is 0 Å². The quantitative estimate of drug-likeness (QED) is 0.242. The Morgan fingerprint density at radius 2 is 1.72 bits per heavy atom. The van der Waals surface area contributed by atoms with Crippen molar-refractivity contribution in [1.82, 2.24) is 0 Å². The van der Waals surface area contributed by atoms with Gasteiger partial charge in [-0.3, -0.25) is 4.79 Å². The molecule has 0 atom stereocenters. The highest BCUT2D eigenvalue weighted by molar-refractivity contribution is 7.90. The Hall–Kier alpha value is -2.87. The molecule has 0 bridgehead atoms. The van der Waals surface area contributed by atoms with Crippen LogP contribution in [0.5, 0.6) is 5.75 Å². The number of benzene rings is 2. The first-order chi connectivity index (χ1) is 15.3. The molecule has 0 aliphatic carbocycles. The molecule has 3 rings (SSSR count). The largest absolute Gasteiger partial charge is 0.490 e. The average Bonchev–Trinajstić information content (AvgIpc) is 2.77. The highest BCUT2D eigenvalue weighted by Crippen LogP contribution is 2.31. The van der Waals surface area contributed by atoms with Crippen LogP contribution < -0.4 is 10.2 Å². The fraction of sp³-hybridized carbons (Fsp3) is 0.417. The number of hydrogen-bond acceptors (Lipinski definition) is 7. The molecule has 0 saturated carbocycles. The van der Waals surface area contributed by atoms with Crippen molar-refractivity contribution in [2.75, 3.05) is 20.0 Å². The molecule has 0 aliphatic rings. The molecule has 1 aromatic heterocycles. The van der Waals surface area contributed by atoms with Crippen molar-refractivity contribution in [2.45, 2.75) is 50.3 Å². The van der Waals surface area contributed by atoms with Crippen LogP contribution in [0.15, 0.2) is 44.4 Å². The van der Waals surface area contributed by atoms with Gasteiger partial charge in [0, 0.05) is 12.3 Å². The van der Waals surface area contributed by atoms with Gasteiger partial charge in [-0.15, -0.1) is 0 Å². The normalized spacial score (nSPS) is 11.7. The molecule has 0 unspecified atom stereocenters. The molecule has 2 aromatic carbocycles. The first-order valence-corrected chi connectivity index (χ1v) is 12.6. The van der Waals surface area contributed by atoms with Gasteiger partial charge in [-0.05, 0) is 30.7 Å². The summed E-state index contributed by atoms with van der Waals surface area (Å²) in [6, 6.07) is 7.09. The molecule has 0 aliphatic heterocycles. The third-order valence-corrected chi connectivity index (χ3v) is 6.41. The van der Waals surface area contributed by atoms with Gasteiger partial charge in [0.1, 0.15) is 5.58 Å². The predicted molar refractivity (Wildman–Crippen MR) is 123 cm³/mol. The highest BCUT2D eigenvalue weighted by atomic mass is 32.2. The Bertz CT molecular complexity index is 1290. The zero-order valence-electron chi connectivity index (χ0n) is 18.6. The van der Waals surface area contributed by atoms with Crippen molar-refractivity contribution in [3.8, 4) is 5.75 Å². The van der Waals surface area contributed by atoms with E-state index in [1.165, 1.54) is 56.7 Å². The Kier molecular flexibility index (Phi) is 7.56. The minimum Gasteiger partial charge on any atom is -0.490 e. The van der Waals surface area contributed by atoms with Crippen molar-refractivity contribution in [1.29, 1.82) is 0 Å². The fourth-order valence-electron chi connectivity index (χ4n) is 3.53. The number of ether oxygens (including phenoxy) is 2. The summed E-state index contributed by atoms with van der Waals surface area (Å²) < 4.78 is 40.9. The van der Waals surface area contributed by atoms with Gasteiger partial charge in [0.2, 0.25) is 5.43 Å². The SMILES string of the molecule is CCCCCCCCOc1cc(S(C)(=O)=O)cc2c(=O)c3cc(C(=O)OC)ccc3oc12. The van der Waals surface area contributed by atoms with E-state index in [0.717, 1.165) is 25.5 Å². The second-order valence-electron chi connectivity index (χ2n) is 7.82. The number of esters is 1. The van der Waals surface area contributed by atoms with Gasteiger partial charge in [-0.1, -0.05) is 39.0 Å². The molecule has 0 amide bonds. The smallest absolute Gasteiger partial charge is 0.337 e. The summed E-state index contributed by atoms with van der Waals surface area (Å²) in [5, 5.41) is 0.244. The summed E-state index contributed by atoms with van der Waals surface area (Å²) in [4.78, 5) is 25.0. The first kappa shape index (κ1) is 23.8. The molecule has 172 valence electrons. The van der Waals surface area contributed by atoms with Gasteiger partial charge in [0.15, 0.2) is 21.2 Å². The minimum absolute atomic E-state index is 0.0290. The van der Waals surface area contributed by atoms with Crippen LogP contribution in [0.4, 0.5) is 0 Å². The Morgan fingerprint density at radius 3 is 2.41 bits per heavy atom. The van der Waals surface area contributed by atoms with Crippen molar-refractivity contribution in [3.63, 3.8) is 0 Å². The van der Waals surface area contributed by atoms with E-state index in [-0.39, 0.29) is 38.1 Å². The number of hydrogen-bond donors (Lipinski definition) is 0. The zero-order valence-corrected chi connectivity index (χ0v) is 19.4. The third-order valence-electron chi connectivity index (χ3n) is 5.31. The van der Waals surface area contributed by atoms with E-state index in [1.807, 2.05) is 0 Å². The maximum Gasteiger partial charge on any atom is 0.337 e. The van der Waals surface area contributed by atoms with E-state index < -0.39 is 21.2 Å². The van der Waals surface area contributed by atoms with Crippen molar-refractivity contribution in [3.05, 3.63) is 46.1 Å². The van der Waals surface area contributed by atoms with Crippen LogP contribution in [0.3, 0.4) is 0 Å². The van der Waals surface area contributed by atoms with Crippen LogP contribution in [0, 0.1) is 0 Å². The molecular weight excluding hydrogens is 432 g/mol. The third kappa shape index (κ3) is 5.30. The molecule has 1 heterocycles. The lowest BCUT2D eigenvalue weighted by molar-refractivity contribution is 0.0601. The van der Waals surface area contributed by atoms with Gasteiger partial charge in [-0.2, -0.15) is 0 Å². The molecule has 0 fully saturated rings. The van der Waals surface area contributed by atoms with Crippen LogP contribution in [0.25, 0.3) is 21.9 Å². The van der Waals surface area contributed by atoms with Gasteiger partial charge in [0.05, 0.1) is 34.9 Å². The summed E-state index contributed by atoms with van der Waals surface area (Å²) in [5.74, 6) is -0.369. The topological polar surface area (TPSA) is 99.9 Å². The molecule has 0 saturated heterocycles. The summed E-state index contributed by atoms with van der Waals surface area (Å²) in [5.41, 5.74) is 0.214. The van der Waals surface area contributed by atoms with Crippen LogP contribution in [-0.2, 0) is 14.6 Å². The molecule has 0 N–H and O–H groups in total. The number of rotatable bonds is 10. The lowest BCUT2D eigenvalue weighted by Crippen LogP contribution is -2.09. The number of carbonyl (C=O) groups excluding carboxylic acids is 1. The van der Waals surface area contributed by atoms with E-state index in [9.17, 15) is 18.0 Å². The second-order valence-corrected chi connectivity index (χ2v) is 9.84. The molecule has 8 heteroatoms. The Balaban J connectivity index is 2.03. The molecule has 0 spiro atoms. The molecule has 0 radical (unpaired) electrons. The average molecular weight is 461 g/mol. The van der Waals surface area contributed by atoms with E-state index in [1.54, 1.807) is 0 Å². The number of unbranched alkanes of at least 4 members (excludes halogenated alkanes) is 5. The standard InChI is InChI=1S/C24H28O7S/c1-4-5-6-7-8-9-12-30-21-15-17(32(3,27)28)14-19-22(25)18-13-16(24(26)29-2)10-11-20(18)31-23(19)21/h10-11,13-15H,4-9,12H2,1-3H3. The van der Waals surface area contributed by atoms with E-state index >= 15 is 0 Å².